The maximum Gasteiger partial charge on any atom is 0.254 e. The summed E-state index contributed by atoms with van der Waals surface area (Å²) in [5.41, 5.74) is 3.46. The van der Waals surface area contributed by atoms with Gasteiger partial charge in [-0.05, 0) is 37.6 Å². The second kappa shape index (κ2) is 6.83. The third-order valence-corrected chi connectivity index (χ3v) is 4.40. The SMILES string of the molecule is Cc1ccc(C)c(C(=O)N2CCN(C(=O)c3ccncc3)CC2)c1. The van der Waals surface area contributed by atoms with Crippen LogP contribution >= 0.6 is 0 Å². The van der Waals surface area contributed by atoms with E-state index in [1.54, 1.807) is 29.4 Å². The predicted octanol–water partition coefficient (Wildman–Crippen LogP) is 2.30. The molecule has 24 heavy (non-hydrogen) atoms. The minimum absolute atomic E-state index is 0.00349. The van der Waals surface area contributed by atoms with Crippen molar-refractivity contribution in [3.63, 3.8) is 0 Å². The maximum absolute atomic E-state index is 12.7. The fourth-order valence-corrected chi connectivity index (χ4v) is 2.93. The maximum atomic E-state index is 12.7. The highest BCUT2D eigenvalue weighted by Crippen LogP contribution is 2.16. The van der Waals surface area contributed by atoms with Crippen molar-refractivity contribution < 1.29 is 9.59 Å². The van der Waals surface area contributed by atoms with Crippen LogP contribution in [-0.2, 0) is 0 Å². The van der Waals surface area contributed by atoms with Gasteiger partial charge in [-0.25, -0.2) is 0 Å². The average Bonchev–Trinajstić information content (AvgIpc) is 2.63. The summed E-state index contributed by atoms with van der Waals surface area (Å²) in [5, 5.41) is 0. The van der Waals surface area contributed by atoms with Crippen molar-refractivity contribution in [3.05, 3.63) is 65.0 Å². The summed E-state index contributed by atoms with van der Waals surface area (Å²) in [6, 6.07) is 9.36. The molecule has 2 heterocycles. The molecule has 1 fully saturated rings. The molecule has 5 heteroatoms. The third kappa shape index (κ3) is 3.30. The lowest BCUT2D eigenvalue weighted by Gasteiger charge is -2.35. The summed E-state index contributed by atoms with van der Waals surface area (Å²) in [5.74, 6) is 0.0449. The lowest BCUT2D eigenvalue weighted by molar-refractivity contribution is 0.0535. The molecule has 1 aliphatic heterocycles. The molecule has 124 valence electrons. The molecule has 0 unspecified atom stereocenters. The van der Waals surface area contributed by atoms with Crippen molar-refractivity contribution >= 4 is 11.8 Å². The Morgan fingerprint density at radius 1 is 0.875 bits per heavy atom. The van der Waals surface area contributed by atoms with Gasteiger partial charge >= 0.3 is 0 Å². The fraction of sp³-hybridized carbons (Fsp3) is 0.316. The first kappa shape index (κ1) is 16.2. The number of piperazine rings is 1. The molecular formula is C19H21N3O2. The molecule has 3 rings (SSSR count). The van der Waals surface area contributed by atoms with E-state index in [1.807, 2.05) is 36.9 Å². The van der Waals surface area contributed by atoms with E-state index in [0.717, 1.165) is 16.7 Å². The minimum Gasteiger partial charge on any atom is -0.335 e. The van der Waals surface area contributed by atoms with E-state index in [9.17, 15) is 9.59 Å². The number of amides is 2. The van der Waals surface area contributed by atoms with Gasteiger partial charge < -0.3 is 9.80 Å². The van der Waals surface area contributed by atoms with Crippen LogP contribution in [0.25, 0.3) is 0 Å². The van der Waals surface area contributed by atoms with E-state index in [-0.39, 0.29) is 11.8 Å². The Kier molecular flexibility index (Phi) is 4.60. The van der Waals surface area contributed by atoms with E-state index in [2.05, 4.69) is 4.98 Å². The molecule has 0 aliphatic carbocycles. The smallest absolute Gasteiger partial charge is 0.254 e. The number of nitrogens with zero attached hydrogens (tertiary/aromatic N) is 3. The number of carbonyl (C=O) groups is 2. The topological polar surface area (TPSA) is 53.5 Å². The molecule has 0 radical (unpaired) electrons. The Morgan fingerprint density at radius 2 is 1.46 bits per heavy atom. The zero-order valence-electron chi connectivity index (χ0n) is 14.0. The zero-order valence-corrected chi connectivity index (χ0v) is 14.0. The van der Waals surface area contributed by atoms with Crippen molar-refractivity contribution in [2.45, 2.75) is 13.8 Å². The van der Waals surface area contributed by atoms with Gasteiger partial charge in [0.2, 0.25) is 0 Å². The van der Waals surface area contributed by atoms with Crippen molar-refractivity contribution in [2.75, 3.05) is 26.2 Å². The Balaban J connectivity index is 1.66. The van der Waals surface area contributed by atoms with Gasteiger partial charge in [0.15, 0.2) is 0 Å². The summed E-state index contributed by atoms with van der Waals surface area (Å²) in [7, 11) is 0. The van der Waals surface area contributed by atoms with Gasteiger partial charge in [-0.1, -0.05) is 17.7 Å². The number of hydrogen-bond acceptors (Lipinski definition) is 3. The van der Waals surface area contributed by atoms with E-state index in [1.165, 1.54) is 0 Å². The summed E-state index contributed by atoms with van der Waals surface area (Å²) < 4.78 is 0. The molecule has 1 aromatic carbocycles. The lowest BCUT2D eigenvalue weighted by atomic mass is 10.0. The minimum atomic E-state index is -0.00349. The highest BCUT2D eigenvalue weighted by molar-refractivity contribution is 5.97. The lowest BCUT2D eigenvalue weighted by Crippen LogP contribution is -2.50. The Bertz CT molecular complexity index is 750. The van der Waals surface area contributed by atoms with Crippen LogP contribution in [0.2, 0.25) is 0 Å². The molecular weight excluding hydrogens is 302 g/mol. The molecule has 2 amide bonds. The van der Waals surface area contributed by atoms with Crippen LogP contribution in [0.5, 0.6) is 0 Å². The normalized spacial score (nSPS) is 14.6. The first-order chi connectivity index (χ1) is 11.6. The van der Waals surface area contributed by atoms with Gasteiger partial charge in [-0.3, -0.25) is 14.6 Å². The second-order valence-electron chi connectivity index (χ2n) is 6.14. The zero-order chi connectivity index (χ0) is 17.1. The molecule has 1 saturated heterocycles. The van der Waals surface area contributed by atoms with Crippen molar-refractivity contribution in [2.24, 2.45) is 0 Å². The standard InChI is InChI=1S/C19H21N3O2/c1-14-3-4-15(2)17(13-14)19(24)22-11-9-21(10-12-22)18(23)16-5-7-20-8-6-16/h3-8,13H,9-12H2,1-2H3. The van der Waals surface area contributed by atoms with Crippen molar-refractivity contribution in [3.8, 4) is 0 Å². The second-order valence-corrected chi connectivity index (χ2v) is 6.14. The molecule has 0 spiro atoms. The van der Waals surface area contributed by atoms with Crippen LogP contribution in [0.3, 0.4) is 0 Å². The Morgan fingerprint density at radius 3 is 2.08 bits per heavy atom. The highest BCUT2D eigenvalue weighted by Gasteiger charge is 2.26. The van der Waals surface area contributed by atoms with Crippen LogP contribution in [0, 0.1) is 13.8 Å². The molecule has 0 N–H and O–H groups in total. The van der Waals surface area contributed by atoms with Crippen LogP contribution in [0.1, 0.15) is 31.8 Å². The molecule has 0 atom stereocenters. The van der Waals surface area contributed by atoms with Gasteiger partial charge in [-0.15, -0.1) is 0 Å². The number of benzene rings is 1. The van der Waals surface area contributed by atoms with Crippen LogP contribution in [-0.4, -0.2) is 52.8 Å². The van der Waals surface area contributed by atoms with Crippen molar-refractivity contribution in [1.29, 1.82) is 0 Å². The number of aryl methyl sites for hydroxylation is 2. The van der Waals surface area contributed by atoms with Gasteiger partial charge in [0.25, 0.3) is 11.8 Å². The Hall–Kier alpha value is -2.69. The number of rotatable bonds is 2. The quantitative estimate of drug-likeness (QED) is 0.852. The molecule has 5 nitrogen and oxygen atoms in total. The first-order valence-electron chi connectivity index (χ1n) is 8.12. The van der Waals surface area contributed by atoms with Gasteiger partial charge in [0.05, 0.1) is 0 Å². The van der Waals surface area contributed by atoms with Gasteiger partial charge in [0, 0.05) is 49.7 Å². The fourth-order valence-electron chi connectivity index (χ4n) is 2.93. The van der Waals surface area contributed by atoms with E-state index in [4.69, 9.17) is 0 Å². The molecule has 0 saturated carbocycles. The first-order valence-corrected chi connectivity index (χ1v) is 8.12. The van der Waals surface area contributed by atoms with Crippen LogP contribution in [0.15, 0.2) is 42.7 Å². The number of pyridine rings is 1. The highest BCUT2D eigenvalue weighted by atomic mass is 16.2. The number of aromatic nitrogens is 1. The van der Waals surface area contributed by atoms with E-state index >= 15 is 0 Å². The van der Waals surface area contributed by atoms with E-state index in [0.29, 0.717) is 31.7 Å². The Labute approximate surface area is 141 Å². The summed E-state index contributed by atoms with van der Waals surface area (Å²) in [6.45, 7) is 6.17. The van der Waals surface area contributed by atoms with Crippen LogP contribution < -0.4 is 0 Å². The van der Waals surface area contributed by atoms with Crippen LogP contribution in [0.4, 0.5) is 0 Å². The van der Waals surface area contributed by atoms with Crippen molar-refractivity contribution in [1.82, 2.24) is 14.8 Å². The number of carbonyl (C=O) groups excluding carboxylic acids is 2. The monoisotopic (exact) mass is 323 g/mol. The van der Waals surface area contributed by atoms with Gasteiger partial charge in [-0.2, -0.15) is 0 Å². The molecule has 2 aromatic rings. The van der Waals surface area contributed by atoms with E-state index < -0.39 is 0 Å². The third-order valence-electron chi connectivity index (χ3n) is 4.40. The summed E-state index contributed by atoms with van der Waals surface area (Å²) >= 11 is 0. The largest absolute Gasteiger partial charge is 0.335 e. The molecule has 1 aromatic heterocycles. The molecule has 0 bridgehead atoms. The number of hydrogen-bond donors (Lipinski definition) is 0. The predicted molar refractivity (Wildman–Crippen MR) is 92.0 cm³/mol. The summed E-state index contributed by atoms with van der Waals surface area (Å²) in [4.78, 5) is 32.7. The van der Waals surface area contributed by atoms with Gasteiger partial charge in [0.1, 0.15) is 0 Å². The summed E-state index contributed by atoms with van der Waals surface area (Å²) in [6.07, 6.45) is 3.24. The molecule has 1 aliphatic rings. The average molecular weight is 323 g/mol.